The molecule has 0 aromatic heterocycles. The van der Waals surface area contributed by atoms with Gasteiger partial charge in [-0.1, -0.05) is 29.3 Å². The maximum absolute atomic E-state index is 11.5. The van der Waals surface area contributed by atoms with Crippen molar-refractivity contribution in [2.45, 2.75) is 0 Å². The summed E-state index contributed by atoms with van der Waals surface area (Å²) in [7, 11) is -3.74. The Morgan fingerprint density at radius 2 is 2.00 bits per heavy atom. The molecule has 1 N–H and O–H groups in total. The number of aliphatic carboxylic acids is 1. The fourth-order valence-electron chi connectivity index (χ4n) is 1.19. The Balaban J connectivity index is 3.32. The molecular formula is C9H9Cl2NO4S. The molecule has 5 nitrogen and oxygen atoms in total. The fourth-order valence-corrected chi connectivity index (χ4v) is 2.49. The number of nitrogens with zero attached hydrogens (tertiary/aromatic N) is 1. The molecule has 17 heavy (non-hydrogen) atoms. The minimum atomic E-state index is -3.74. The van der Waals surface area contributed by atoms with Gasteiger partial charge in [0.15, 0.2) is 0 Å². The molecule has 0 atom stereocenters. The molecule has 1 aromatic carbocycles. The number of carboxylic acid groups (broad SMARTS) is 1. The first-order valence-corrected chi connectivity index (χ1v) is 6.97. The maximum atomic E-state index is 11.5. The molecule has 0 saturated heterocycles. The van der Waals surface area contributed by atoms with E-state index in [2.05, 4.69) is 0 Å². The molecule has 0 spiro atoms. The van der Waals surface area contributed by atoms with E-state index < -0.39 is 22.5 Å². The first kappa shape index (κ1) is 14.1. The van der Waals surface area contributed by atoms with Crippen LogP contribution in [-0.4, -0.2) is 32.3 Å². The van der Waals surface area contributed by atoms with Gasteiger partial charge in [-0.05, 0) is 12.1 Å². The van der Waals surface area contributed by atoms with E-state index in [4.69, 9.17) is 28.3 Å². The average molecular weight is 298 g/mol. The Hall–Kier alpha value is -0.980. The smallest absolute Gasteiger partial charge is 0.324 e. The van der Waals surface area contributed by atoms with Crippen molar-refractivity contribution in [2.24, 2.45) is 0 Å². The zero-order valence-electron chi connectivity index (χ0n) is 8.72. The maximum Gasteiger partial charge on any atom is 0.324 e. The molecular weight excluding hydrogens is 289 g/mol. The number of anilines is 1. The van der Waals surface area contributed by atoms with Crippen molar-refractivity contribution in [1.82, 2.24) is 0 Å². The van der Waals surface area contributed by atoms with Gasteiger partial charge in [0.1, 0.15) is 6.54 Å². The molecule has 0 unspecified atom stereocenters. The molecule has 0 amide bonds. The number of halogens is 2. The molecule has 0 saturated carbocycles. The number of carbonyl (C=O) groups is 1. The summed E-state index contributed by atoms with van der Waals surface area (Å²) >= 11 is 11.6. The van der Waals surface area contributed by atoms with Crippen LogP contribution in [0, 0.1) is 0 Å². The normalized spacial score (nSPS) is 11.2. The Morgan fingerprint density at radius 1 is 1.41 bits per heavy atom. The van der Waals surface area contributed by atoms with Gasteiger partial charge in [-0.2, -0.15) is 0 Å². The highest BCUT2D eigenvalue weighted by molar-refractivity contribution is 7.92. The lowest BCUT2D eigenvalue weighted by Crippen LogP contribution is -2.35. The molecule has 0 aliphatic carbocycles. The van der Waals surface area contributed by atoms with Gasteiger partial charge >= 0.3 is 5.97 Å². The second-order valence-electron chi connectivity index (χ2n) is 3.24. The first-order valence-electron chi connectivity index (χ1n) is 4.37. The molecule has 0 radical (unpaired) electrons. The quantitative estimate of drug-likeness (QED) is 0.920. The van der Waals surface area contributed by atoms with Gasteiger partial charge in [-0.3, -0.25) is 9.10 Å². The number of rotatable bonds is 4. The number of carboxylic acids is 1. The predicted octanol–water partition coefficient (Wildman–Crippen LogP) is 1.84. The molecule has 0 fully saturated rings. The zero-order valence-corrected chi connectivity index (χ0v) is 11.1. The Bertz CT molecular complexity index is 544. The summed E-state index contributed by atoms with van der Waals surface area (Å²) in [5.74, 6) is -1.29. The van der Waals surface area contributed by atoms with E-state index in [1.54, 1.807) is 0 Å². The second-order valence-corrected chi connectivity index (χ2v) is 5.93. The molecule has 1 rings (SSSR count). The molecule has 1 aromatic rings. The molecule has 0 aliphatic rings. The van der Waals surface area contributed by atoms with Crippen LogP contribution in [0.25, 0.3) is 0 Å². The van der Waals surface area contributed by atoms with Crippen molar-refractivity contribution in [1.29, 1.82) is 0 Å². The van der Waals surface area contributed by atoms with Crippen LogP contribution >= 0.6 is 23.2 Å². The van der Waals surface area contributed by atoms with Crippen LogP contribution in [-0.2, 0) is 14.8 Å². The summed E-state index contributed by atoms with van der Waals surface area (Å²) in [6.07, 6.45) is 0.896. The highest BCUT2D eigenvalue weighted by atomic mass is 35.5. The topological polar surface area (TPSA) is 74.7 Å². The first-order chi connectivity index (χ1) is 7.73. The fraction of sp³-hybridized carbons (Fsp3) is 0.222. The summed E-state index contributed by atoms with van der Waals surface area (Å²) in [6.45, 7) is -0.709. The van der Waals surface area contributed by atoms with Crippen LogP contribution in [0.5, 0.6) is 0 Å². The minimum Gasteiger partial charge on any atom is -0.480 e. The highest BCUT2D eigenvalue weighted by Crippen LogP contribution is 2.33. The van der Waals surface area contributed by atoms with E-state index in [0.29, 0.717) is 4.31 Å². The summed E-state index contributed by atoms with van der Waals surface area (Å²) in [5.41, 5.74) is 0.0454. The number of sulfonamides is 1. The Kier molecular flexibility index (Phi) is 4.24. The lowest BCUT2D eigenvalue weighted by molar-refractivity contribution is -0.135. The van der Waals surface area contributed by atoms with Gasteiger partial charge in [0, 0.05) is 0 Å². The minimum absolute atomic E-state index is 0.000779. The van der Waals surface area contributed by atoms with Crippen molar-refractivity contribution in [3.05, 3.63) is 28.2 Å². The van der Waals surface area contributed by atoms with Crippen molar-refractivity contribution in [3.8, 4) is 0 Å². The lowest BCUT2D eigenvalue weighted by Gasteiger charge is -2.21. The van der Waals surface area contributed by atoms with Crippen LogP contribution in [0.1, 0.15) is 0 Å². The Labute approximate surface area is 109 Å². The third-order valence-corrected chi connectivity index (χ3v) is 3.81. The van der Waals surface area contributed by atoms with E-state index in [1.807, 2.05) is 0 Å². The number of hydrogen-bond donors (Lipinski definition) is 1. The summed E-state index contributed by atoms with van der Waals surface area (Å²) in [4.78, 5) is 10.6. The van der Waals surface area contributed by atoms with Gasteiger partial charge in [-0.25, -0.2) is 8.42 Å². The third kappa shape index (κ3) is 3.49. The standard InChI is InChI=1S/C9H9Cl2NO4S/c1-17(15,16)12(5-8(13)14)7-4-2-3-6(10)9(7)11/h2-4H,5H2,1H3,(H,13,14). The van der Waals surface area contributed by atoms with Crippen molar-refractivity contribution >= 4 is 44.9 Å². The second kappa shape index (κ2) is 5.12. The van der Waals surface area contributed by atoms with Gasteiger partial charge in [0.25, 0.3) is 0 Å². The van der Waals surface area contributed by atoms with Crippen LogP contribution in [0.2, 0.25) is 10.0 Å². The van der Waals surface area contributed by atoms with E-state index in [1.165, 1.54) is 18.2 Å². The predicted molar refractivity (Wildman–Crippen MR) is 66.3 cm³/mol. The van der Waals surface area contributed by atoms with Gasteiger partial charge in [0.05, 0.1) is 22.0 Å². The lowest BCUT2D eigenvalue weighted by atomic mass is 10.3. The van der Waals surface area contributed by atoms with Crippen molar-refractivity contribution in [2.75, 3.05) is 17.1 Å². The third-order valence-electron chi connectivity index (χ3n) is 1.88. The van der Waals surface area contributed by atoms with Crippen LogP contribution < -0.4 is 4.31 Å². The Morgan fingerprint density at radius 3 is 2.47 bits per heavy atom. The van der Waals surface area contributed by atoms with Crippen LogP contribution in [0.3, 0.4) is 0 Å². The monoisotopic (exact) mass is 297 g/mol. The van der Waals surface area contributed by atoms with Gasteiger partial charge < -0.3 is 5.11 Å². The number of benzene rings is 1. The zero-order chi connectivity index (χ0) is 13.2. The largest absolute Gasteiger partial charge is 0.480 e. The highest BCUT2D eigenvalue weighted by Gasteiger charge is 2.23. The summed E-state index contributed by atoms with van der Waals surface area (Å²) < 4.78 is 23.7. The van der Waals surface area contributed by atoms with E-state index >= 15 is 0 Å². The van der Waals surface area contributed by atoms with E-state index in [0.717, 1.165) is 6.26 Å². The molecule has 0 bridgehead atoms. The van der Waals surface area contributed by atoms with Crippen molar-refractivity contribution in [3.63, 3.8) is 0 Å². The molecule has 0 heterocycles. The van der Waals surface area contributed by atoms with E-state index in [-0.39, 0.29) is 15.7 Å². The average Bonchev–Trinajstić information content (AvgIpc) is 2.17. The van der Waals surface area contributed by atoms with Crippen LogP contribution in [0.4, 0.5) is 5.69 Å². The summed E-state index contributed by atoms with van der Waals surface area (Å²) in [6, 6.07) is 4.36. The number of hydrogen-bond acceptors (Lipinski definition) is 3. The van der Waals surface area contributed by atoms with Crippen molar-refractivity contribution < 1.29 is 18.3 Å². The van der Waals surface area contributed by atoms with E-state index in [9.17, 15) is 13.2 Å². The summed E-state index contributed by atoms with van der Waals surface area (Å²) in [5, 5.41) is 8.84. The molecule has 94 valence electrons. The van der Waals surface area contributed by atoms with Crippen LogP contribution in [0.15, 0.2) is 18.2 Å². The molecule has 0 aliphatic heterocycles. The molecule has 8 heteroatoms. The van der Waals surface area contributed by atoms with Gasteiger partial charge in [0.2, 0.25) is 10.0 Å². The van der Waals surface area contributed by atoms with Gasteiger partial charge in [-0.15, -0.1) is 0 Å². The SMILES string of the molecule is CS(=O)(=O)N(CC(=O)O)c1cccc(Cl)c1Cl.